The Morgan fingerprint density at radius 3 is 2.46 bits per heavy atom. The molecule has 3 rings (SSSR count). The van der Waals surface area contributed by atoms with Crippen molar-refractivity contribution in [2.24, 2.45) is 17.8 Å². The summed E-state index contributed by atoms with van der Waals surface area (Å²) in [6.07, 6.45) is 2.43. The molecule has 2 aromatic carbocycles. The van der Waals surface area contributed by atoms with Crippen LogP contribution in [0.25, 0.3) is 0 Å². The van der Waals surface area contributed by atoms with Crippen molar-refractivity contribution >= 4 is 5.91 Å². The summed E-state index contributed by atoms with van der Waals surface area (Å²) in [6.45, 7) is 6.41. The molecule has 28 heavy (non-hydrogen) atoms. The third-order valence-electron chi connectivity index (χ3n) is 5.79. The molecule has 1 amide bonds. The molecule has 3 nitrogen and oxygen atoms in total. The predicted molar refractivity (Wildman–Crippen MR) is 114 cm³/mol. The van der Waals surface area contributed by atoms with Gasteiger partial charge in [0.2, 0.25) is 5.91 Å². The van der Waals surface area contributed by atoms with E-state index in [1.807, 2.05) is 24.3 Å². The second-order valence-corrected chi connectivity index (χ2v) is 8.77. The van der Waals surface area contributed by atoms with Crippen LogP contribution in [0.15, 0.2) is 54.6 Å². The number of carbonyl (C=O) groups excluding carboxylic acids is 1. The van der Waals surface area contributed by atoms with E-state index < -0.39 is 6.10 Å². The minimum atomic E-state index is -0.451. The molecule has 3 heteroatoms. The lowest BCUT2D eigenvalue weighted by atomic mass is 9.89. The Kier molecular flexibility index (Phi) is 6.90. The molecule has 1 aliphatic carbocycles. The molecule has 0 aliphatic heterocycles. The zero-order chi connectivity index (χ0) is 20.1. The summed E-state index contributed by atoms with van der Waals surface area (Å²) in [6, 6.07) is 18.6. The number of carbonyl (C=O) groups is 1. The Morgan fingerprint density at radius 2 is 1.75 bits per heavy atom. The van der Waals surface area contributed by atoms with E-state index in [4.69, 9.17) is 0 Å². The largest absolute Gasteiger partial charge is 0.393 e. The Labute approximate surface area is 169 Å². The van der Waals surface area contributed by atoms with E-state index in [0.717, 1.165) is 18.4 Å². The van der Waals surface area contributed by atoms with Crippen LogP contribution in [0.2, 0.25) is 0 Å². The van der Waals surface area contributed by atoms with Crippen molar-refractivity contribution in [3.05, 3.63) is 71.3 Å². The highest BCUT2D eigenvalue weighted by atomic mass is 16.3. The number of fused-ring (bicyclic) bond motifs is 1. The van der Waals surface area contributed by atoms with Crippen LogP contribution in [0.5, 0.6) is 0 Å². The van der Waals surface area contributed by atoms with E-state index in [0.29, 0.717) is 24.7 Å². The summed E-state index contributed by atoms with van der Waals surface area (Å²) >= 11 is 0. The van der Waals surface area contributed by atoms with Gasteiger partial charge in [0.25, 0.3) is 0 Å². The number of aliphatic hydroxyl groups is 1. The van der Waals surface area contributed by atoms with Crippen molar-refractivity contribution in [2.75, 3.05) is 0 Å². The summed E-state index contributed by atoms with van der Waals surface area (Å²) in [7, 11) is 0. The van der Waals surface area contributed by atoms with Crippen LogP contribution in [0.3, 0.4) is 0 Å². The number of amides is 1. The molecule has 0 radical (unpaired) electrons. The van der Waals surface area contributed by atoms with Gasteiger partial charge in [0.1, 0.15) is 0 Å². The first-order valence-corrected chi connectivity index (χ1v) is 10.5. The number of aliphatic hydroxyl groups excluding tert-OH is 1. The normalized spacial score (nSPS) is 20.6. The Morgan fingerprint density at radius 1 is 1.07 bits per heavy atom. The molecular formula is C25H33NO2. The van der Waals surface area contributed by atoms with Crippen LogP contribution in [0, 0.1) is 17.8 Å². The van der Waals surface area contributed by atoms with E-state index in [1.165, 1.54) is 11.1 Å². The second kappa shape index (κ2) is 9.38. The first-order valence-electron chi connectivity index (χ1n) is 10.5. The molecule has 0 aromatic heterocycles. The molecular weight excluding hydrogens is 346 g/mol. The Bertz CT molecular complexity index is 771. The lowest BCUT2D eigenvalue weighted by Gasteiger charge is -2.25. The van der Waals surface area contributed by atoms with Crippen molar-refractivity contribution in [1.82, 2.24) is 5.32 Å². The Hall–Kier alpha value is -2.13. The maximum atomic E-state index is 13.3. The average molecular weight is 380 g/mol. The third-order valence-corrected chi connectivity index (χ3v) is 5.79. The molecule has 0 heterocycles. The van der Waals surface area contributed by atoms with Gasteiger partial charge in [0, 0.05) is 5.92 Å². The van der Waals surface area contributed by atoms with Gasteiger partial charge in [-0.05, 0) is 54.2 Å². The Balaban J connectivity index is 1.74. The lowest BCUT2D eigenvalue weighted by Crippen LogP contribution is -2.38. The van der Waals surface area contributed by atoms with Crippen molar-refractivity contribution in [2.45, 2.75) is 58.6 Å². The van der Waals surface area contributed by atoms with Gasteiger partial charge in [-0.3, -0.25) is 4.79 Å². The van der Waals surface area contributed by atoms with Gasteiger partial charge in [-0.15, -0.1) is 0 Å². The topological polar surface area (TPSA) is 49.3 Å². The molecule has 0 saturated heterocycles. The number of nitrogens with one attached hydrogen (secondary N) is 1. The molecule has 1 aliphatic rings. The van der Waals surface area contributed by atoms with Crippen LogP contribution in [0.1, 0.15) is 56.3 Å². The highest BCUT2D eigenvalue weighted by molar-refractivity contribution is 5.79. The fourth-order valence-corrected chi connectivity index (χ4v) is 4.44. The van der Waals surface area contributed by atoms with Gasteiger partial charge in [-0.25, -0.2) is 0 Å². The maximum Gasteiger partial charge on any atom is 0.224 e. The summed E-state index contributed by atoms with van der Waals surface area (Å²) < 4.78 is 0. The molecule has 0 saturated carbocycles. The van der Waals surface area contributed by atoms with Crippen molar-refractivity contribution in [3.8, 4) is 0 Å². The van der Waals surface area contributed by atoms with Crippen molar-refractivity contribution < 1.29 is 9.90 Å². The zero-order valence-electron chi connectivity index (χ0n) is 17.3. The van der Waals surface area contributed by atoms with Crippen molar-refractivity contribution in [3.63, 3.8) is 0 Å². The first kappa shape index (κ1) is 20.6. The van der Waals surface area contributed by atoms with Crippen LogP contribution >= 0.6 is 0 Å². The van der Waals surface area contributed by atoms with Crippen LogP contribution < -0.4 is 5.32 Å². The average Bonchev–Trinajstić information content (AvgIpc) is 2.97. The molecule has 0 unspecified atom stereocenters. The van der Waals surface area contributed by atoms with Crippen molar-refractivity contribution in [1.29, 1.82) is 0 Å². The van der Waals surface area contributed by atoms with E-state index in [9.17, 15) is 9.90 Å². The lowest BCUT2D eigenvalue weighted by molar-refractivity contribution is -0.127. The second-order valence-electron chi connectivity index (χ2n) is 8.77. The van der Waals surface area contributed by atoms with Crippen LogP contribution in [0.4, 0.5) is 0 Å². The fourth-order valence-electron chi connectivity index (χ4n) is 4.44. The maximum absolute atomic E-state index is 13.3. The highest BCUT2D eigenvalue weighted by Gasteiger charge is 2.32. The molecule has 4 atom stereocenters. The first-order chi connectivity index (χ1) is 13.4. The monoisotopic (exact) mass is 379 g/mol. The molecule has 0 fully saturated rings. The van der Waals surface area contributed by atoms with E-state index in [1.54, 1.807) is 0 Å². The third kappa shape index (κ3) is 5.23. The predicted octanol–water partition coefficient (Wildman–Crippen LogP) is 4.69. The number of hydrogen-bond donors (Lipinski definition) is 2. The van der Waals surface area contributed by atoms with Gasteiger partial charge in [0.15, 0.2) is 0 Å². The van der Waals surface area contributed by atoms with E-state index >= 15 is 0 Å². The number of benzene rings is 2. The molecule has 2 aromatic rings. The zero-order valence-corrected chi connectivity index (χ0v) is 17.3. The van der Waals surface area contributed by atoms with E-state index in [2.05, 4.69) is 56.4 Å². The smallest absolute Gasteiger partial charge is 0.224 e. The summed E-state index contributed by atoms with van der Waals surface area (Å²) in [4.78, 5) is 13.3. The van der Waals surface area contributed by atoms with Gasteiger partial charge in [-0.2, -0.15) is 0 Å². The highest BCUT2D eigenvalue weighted by Crippen LogP contribution is 2.36. The standard InChI is InChI=1S/C25H33NO2/c1-17(2)13-22(27)16-21(15-19-9-5-4-6-10-19)25(28)26-24-18(3)14-20-11-7-8-12-23(20)24/h4-12,17-18,21-22,24,27H,13-16H2,1-3H3,(H,26,28)/t18-,21-,22-,24-/m1/s1. The van der Waals surface area contributed by atoms with Gasteiger partial charge in [-0.1, -0.05) is 75.4 Å². The summed E-state index contributed by atoms with van der Waals surface area (Å²) in [5.41, 5.74) is 3.71. The van der Waals surface area contributed by atoms with Gasteiger partial charge >= 0.3 is 0 Å². The molecule has 150 valence electrons. The number of rotatable bonds is 8. The quantitative estimate of drug-likeness (QED) is 0.699. The SMILES string of the molecule is CC(C)C[C@@H](O)C[C@@H](Cc1ccccc1)C(=O)N[C@H]1c2ccccc2C[C@H]1C. The summed E-state index contributed by atoms with van der Waals surface area (Å²) in [5.74, 6) is 0.632. The molecule has 2 N–H and O–H groups in total. The summed E-state index contributed by atoms with van der Waals surface area (Å²) in [5, 5.41) is 13.8. The number of hydrogen-bond acceptors (Lipinski definition) is 2. The molecule has 0 bridgehead atoms. The van der Waals surface area contributed by atoms with Crippen LogP contribution in [-0.2, 0) is 17.6 Å². The minimum Gasteiger partial charge on any atom is -0.393 e. The van der Waals surface area contributed by atoms with E-state index in [-0.39, 0.29) is 17.9 Å². The minimum absolute atomic E-state index is 0.0558. The molecule has 0 spiro atoms. The van der Waals surface area contributed by atoms with Gasteiger partial charge < -0.3 is 10.4 Å². The van der Waals surface area contributed by atoms with Crippen LogP contribution in [-0.4, -0.2) is 17.1 Å². The van der Waals surface area contributed by atoms with Gasteiger partial charge in [0.05, 0.1) is 12.1 Å². The fraction of sp³-hybridized carbons (Fsp3) is 0.480.